The van der Waals surface area contributed by atoms with Crippen LogP contribution in [0.3, 0.4) is 0 Å². The van der Waals surface area contributed by atoms with Crippen molar-refractivity contribution in [1.29, 1.82) is 0 Å². The minimum atomic E-state index is -0.409. The number of anilines is 1. The lowest BCUT2D eigenvalue weighted by Gasteiger charge is -2.23. The summed E-state index contributed by atoms with van der Waals surface area (Å²) >= 11 is 0. The first-order chi connectivity index (χ1) is 10.6. The van der Waals surface area contributed by atoms with E-state index in [0.29, 0.717) is 0 Å². The van der Waals surface area contributed by atoms with Crippen LogP contribution in [0.1, 0.15) is 50.2 Å². The van der Waals surface area contributed by atoms with Crippen LogP contribution in [0.15, 0.2) is 18.2 Å². The Balaban J connectivity index is 1.71. The molecule has 0 radical (unpaired) electrons. The van der Waals surface area contributed by atoms with Crippen LogP contribution in [0.5, 0.6) is 0 Å². The molecular weight excluding hydrogens is 276 g/mol. The standard InChI is InChI=1S/C18H24N2O2/c1-12(21)19-17(14-5-2-3-6-14)18(22)20-16-10-9-13-7-4-8-15(13)11-16/h9-11,14,17H,2-8H2,1H3,(H,19,21)(H,20,22)/t17-/m1/s1. The van der Waals surface area contributed by atoms with Gasteiger partial charge in [-0.15, -0.1) is 0 Å². The van der Waals surface area contributed by atoms with Gasteiger partial charge in [0.1, 0.15) is 6.04 Å². The Morgan fingerprint density at radius 3 is 2.55 bits per heavy atom. The summed E-state index contributed by atoms with van der Waals surface area (Å²) in [6.45, 7) is 1.48. The summed E-state index contributed by atoms with van der Waals surface area (Å²) < 4.78 is 0. The predicted molar refractivity (Wildman–Crippen MR) is 86.7 cm³/mol. The third-order valence-corrected chi connectivity index (χ3v) is 4.88. The van der Waals surface area contributed by atoms with Gasteiger partial charge in [-0.2, -0.15) is 0 Å². The van der Waals surface area contributed by atoms with Crippen molar-refractivity contribution < 1.29 is 9.59 Å². The first kappa shape index (κ1) is 15.1. The first-order valence-corrected chi connectivity index (χ1v) is 8.33. The van der Waals surface area contributed by atoms with E-state index in [9.17, 15) is 9.59 Å². The molecule has 0 spiro atoms. The van der Waals surface area contributed by atoms with Crippen molar-refractivity contribution in [2.45, 2.75) is 57.9 Å². The van der Waals surface area contributed by atoms with E-state index in [2.05, 4.69) is 22.8 Å². The zero-order valence-corrected chi connectivity index (χ0v) is 13.2. The molecule has 1 atom stereocenters. The fraction of sp³-hybridized carbons (Fsp3) is 0.556. The molecule has 22 heavy (non-hydrogen) atoms. The number of nitrogens with one attached hydrogen (secondary N) is 2. The zero-order chi connectivity index (χ0) is 15.5. The normalized spacial score (nSPS) is 18.8. The van der Waals surface area contributed by atoms with Crippen LogP contribution in [-0.4, -0.2) is 17.9 Å². The Hall–Kier alpha value is -1.84. The topological polar surface area (TPSA) is 58.2 Å². The molecule has 2 amide bonds. The summed E-state index contributed by atoms with van der Waals surface area (Å²) in [7, 11) is 0. The van der Waals surface area contributed by atoms with Gasteiger partial charge in [-0.3, -0.25) is 9.59 Å². The highest BCUT2D eigenvalue weighted by Crippen LogP contribution is 2.29. The number of rotatable bonds is 4. The molecule has 1 aromatic rings. The quantitative estimate of drug-likeness (QED) is 0.898. The van der Waals surface area contributed by atoms with Gasteiger partial charge >= 0.3 is 0 Å². The zero-order valence-electron chi connectivity index (χ0n) is 13.2. The van der Waals surface area contributed by atoms with Crippen molar-refractivity contribution >= 4 is 17.5 Å². The second-order valence-electron chi connectivity index (χ2n) is 6.55. The molecule has 2 aliphatic carbocycles. The molecule has 0 unspecified atom stereocenters. The van der Waals surface area contributed by atoms with Gasteiger partial charge in [-0.05, 0) is 61.3 Å². The third kappa shape index (κ3) is 3.32. The van der Waals surface area contributed by atoms with Crippen molar-refractivity contribution in [2.24, 2.45) is 5.92 Å². The van der Waals surface area contributed by atoms with Gasteiger partial charge < -0.3 is 10.6 Å². The monoisotopic (exact) mass is 300 g/mol. The van der Waals surface area contributed by atoms with Gasteiger partial charge in [0.05, 0.1) is 0 Å². The van der Waals surface area contributed by atoms with Crippen LogP contribution in [0.2, 0.25) is 0 Å². The summed E-state index contributed by atoms with van der Waals surface area (Å²) in [5.41, 5.74) is 3.58. The summed E-state index contributed by atoms with van der Waals surface area (Å²) in [4.78, 5) is 24.0. The molecule has 0 heterocycles. The van der Waals surface area contributed by atoms with Gasteiger partial charge in [-0.1, -0.05) is 18.9 Å². The Labute approximate surface area is 131 Å². The molecule has 118 valence electrons. The molecular formula is C18H24N2O2. The van der Waals surface area contributed by atoms with E-state index in [1.807, 2.05) is 6.07 Å². The SMILES string of the molecule is CC(=O)N[C@@H](C(=O)Nc1ccc2c(c1)CCC2)C1CCCC1. The number of aryl methyl sites for hydroxylation is 2. The molecule has 0 aromatic heterocycles. The summed E-state index contributed by atoms with van der Waals surface area (Å²) in [6, 6.07) is 5.76. The lowest BCUT2D eigenvalue weighted by Crippen LogP contribution is -2.47. The van der Waals surface area contributed by atoms with Crippen molar-refractivity contribution in [2.75, 3.05) is 5.32 Å². The highest BCUT2D eigenvalue weighted by atomic mass is 16.2. The fourth-order valence-electron chi connectivity index (χ4n) is 3.78. The average Bonchev–Trinajstić information content (AvgIpc) is 3.15. The number of hydrogen-bond donors (Lipinski definition) is 2. The maximum absolute atomic E-state index is 12.6. The predicted octanol–water partition coefficient (Wildman–Crippen LogP) is 2.81. The fourth-order valence-corrected chi connectivity index (χ4v) is 3.78. The van der Waals surface area contributed by atoms with E-state index >= 15 is 0 Å². The number of hydrogen-bond acceptors (Lipinski definition) is 2. The van der Waals surface area contributed by atoms with Crippen LogP contribution in [0.25, 0.3) is 0 Å². The maximum Gasteiger partial charge on any atom is 0.247 e. The smallest absolute Gasteiger partial charge is 0.247 e. The second kappa shape index (κ2) is 6.51. The molecule has 0 bridgehead atoms. The molecule has 3 rings (SSSR count). The van der Waals surface area contributed by atoms with Crippen LogP contribution >= 0.6 is 0 Å². The van der Waals surface area contributed by atoms with E-state index in [-0.39, 0.29) is 17.7 Å². The molecule has 1 aromatic carbocycles. The lowest BCUT2D eigenvalue weighted by atomic mass is 9.97. The van der Waals surface area contributed by atoms with Crippen molar-refractivity contribution in [3.63, 3.8) is 0 Å². The molecule has 2 aliphatic rings. The van der Waals surface area contributed by atoms with E-state index < -0.39 is 6.04 Å². The first-order valence-electron chi connectivity index (χ1n) is 8.33. The summed E-state index contributed by atoms with van der Waals surface area (Å²) in [5, 5.41) is 5.84. The summed E-state index contributed by atoms with van der Waals surface area (Å²) in [5.74, 6) is 0.0411. The van der Waals surface area contributed by atoms with Gasteiger partial charge in [0.25, 0.3) is 0 Å². The Kier molecular flexibility index (Phi) is 4.46. The van der Waals surface area contributed by atoms with Crippen molar-refractivity contribution in [1.82, 2.24) is 5.32 Å². The van der Waals surface area contributed by atoms with E-state index in [1.54, 1.807) is 0 Å². The maximum atomic E-state index is 12.6. The molecule has 1 saturated carbocycles. The minimum absolute atomic E-state index is 0.0833. The van der Waals surface area contributed by atoms with Gasteiger partial charge in [0.2, 0.25) is 11.8 Å². The number of fused-ring (bicyclic) bond motifs is 1. The summed E-state index contributed by atoms with van der Waals surface area (Å²) in [6.07, 6.45) is 7.76. The van der Waals surface area contributed by atoms with Crippen LogP contribution in [0, 0.1) is 5.92 Å². The van der Waals surface area contributed by atoms with Crippen LogP contribution in [-0.2, 0) is 22.4 Å². The highest BCUT2D eigenvalue weighted by molar-refractivity contribution is 5.97. The van der Waals surface area contributed by atoms with Crippen molar-refractivity contribution in [3.8, 4) is 0 Å². The minimum Gasteiger partial charge on any atom is -0.344 e. The van der Waals surface area contributed by atoms with Gasteiger partial charge in [0.15, 0.2) is 0 Å². The average molecular weight is 300 g/mol. The second-order valence-corrected chi connectivity index (χ2v) is 6.55. The number of carbonyl (C=O) groups excluding carboxylic acids is 2. The third-order valence-electron chi connectivity index (χ3n) is 4.88. The van der Waals surface area contributed by atoms with Crippen LogP contribution in [0.4, 0.5) is 5.69 Å². The number of benzene rings is 1. The Bertz CT molecular complexity index is 576. The largest absolute Gasteiger partial charge is 0.344 e. The van der Waals surface area contributed by atoms with Crippen LogP contribution < -0.4 is 10.6 Å². The number of carbonyl (C=O) groups is 2. The van der Waals surface area contributed by atoms with E-state index in [0.717, 1.165) is 44.2 Å². The highest BCUT2D eigenvalue weighted by Gasteiger charge is 2.31. The lowest BCUT2D eigenvalue weighted by molar-refractivity contribution is -0.126. The molecule has 2 N–H and O–H groups in total. The molecule has 4 nitrogen and oxygen atoms in total. The number of amides is 2. The molecule has 1 fully saturated rings. The van der Waals surface area contributed by atoms with Crippen molar-refractivity contribution in [3.05, 3.63) is 29.3 Å². The molecule has 4 heteroatoms. The Morgan fingerprint density at radius 1 is 1.09 bits per heavy atom. The Morgan fingerprint density at radius 2 is 1.82 bits per heavy atom. The molecule has 0 saturated heterocycles. The van der Waals surface area contributed by atoms with Gasteiger partial charge in [-0.25, -0.2) is 0 Å². The van der Waals surface area contributed by atoms with Gasteiger partial charge in [0, 0.05) is 12.6 Å². The van der Waals surface area contributed by atoms with E-state index in [4.69, 9.17) is 0 Å². The van der Waals surface area contributed by atoms with E-state index in [1.165, 1.54) is 24.5 Å². The molecule has 0 aliphatic heterocycles.